The highest BCUT2D eigenvalue weighted by atomic mass is 16.5. The van der Waals surface area contributed by atoms with Gasteiger partial charge in [0.2, 0.25) is 0 Å². The van der Waals surface area contributed by atoms with Crippen molar-refractivity contribution in [1.29, 1.82) is 0 Å². The van der Waals surface area contributed by atoms with E-state index in [1.54, 1.807) is 0 Å². The lowest BCUT2D eigenvalue weighted by Crippen LogP contribution is -2.57. The Hall–Kier alpha value is -2.53. The van der Waals surface area contributed by atoms with E-state index < -0.39 is 0 Å². The second-order valence-electron chi connectivity index (χ2n) is 9.73. The lowest BCUT2D eigenvalue weighted by atomic mass is 10.0. The number of carbonyl (C=O) groups is 1. The molecule has 0 bridgehead atoms. The first-order chi connectivity index (χ1) is 15.0. The minimum atomic E-state index is -0.230. The minimum absolute atomic E-state index is 0.0506. The maximum Gasteiger partial charge on any atom is 0.260 e. The fourth-order valence-electron chi connectivity index (χ4n) is 4.96. The molecule has 0 radical (unpaired) electrons. The summed E-state index contributed by atoms with van der Waals surface area (Å²) in [6.07, 6.45) is 4.33. The van der Waals surface area contributed by atoms with Crippen molar-refractivity contribution in [2.24, 2.45) is 0 Å². The van der Waals surface area contributed by atoms with E-state index in [1.165, 1.54) is 18.4 Å². The van der Waals surface area contributed by atoms with Crippen LogP contribution in [-0.2, 0) is 17.6 Å². The third kappa shape index (κ3) is 4.57. The zero-order chi connectivity index (χ0) is 21.4. The Morgan fingerprint density at radius 2 is 1.90 bits per heavy atom. The first kappa shape index (κ1) is 20.4. The molecule has 2 aromatic carbocycles. The molecule has 2 fully saturated rings. The summed E-state index contributed by atoms with van der Waals surface area (Å²) in [5, 5.41) is 0. The second-order valence-corrected chi connectivity index (χ2v) is 9.73. The van der Waals surface area contributed by atoms with Crippen LogP contribution in [0.5, 0.6) is 11.5 Å². The number of para-hydroxylation sites is 1. The fourth-order valence-corrected chi connectivity index (χ4v) is 4.96. The highest BCUT2D eigenvalue weighted by Crippen LogP contribution is 2.41. The molecule has 0 aromatic heterocycles. The summed E-state index contributed by atoms with van der Waals surface area (Å²) < 4.78 is 12.1. The average Bonchev–Trinajstić information content (AvgIpc) is 3.55. The van der Waals surface area contributed by atoms with Gasteiger partial charge in [-0.3, -0.25) is 9.69 Å². The molecule has 2 heterocycles. The van der Waals surface area contributed by atoms with Crippen LogP contribution in [0.15, 0.2) is 48.5 Å². The van der Waals surface area contributed by atoms with Crippen LogP contribution in [0.25, 0.3) is 0 Å². The largest absolute Gasteiger partial charge is 0.483 e. The van der Waals surface area contributed by atoms with Gasteiger partial charge in [-0.05, 0) is 44.7 Å². The number of ether oxygens (including phenoxy) is 2. The van der Waals surface area contributed by atoms with Crippen LogP contribution < -0.4 is 9.47 Å². The first-order valence-electron chi connectivity index (χ1n) is 11.5. The number of benzene rings is 2. The van der Waals surface area contributed by atoms with Crippen LogP contribution in [0.4, 0.5) is 0 Å². The standard InChI is InChI=1S/C26H32N2O3/c1-26(2)16-20-9-6-10-23(25(20)31-26)30-18-24(29)28-14-13-27(21-11-12-21)17-22(28)15-19-7-4-3-5-8-19/h3-10,21-22H,11-18H2,1-2H3. The highest BCUT2D eigenvalue weighted by molar-refractivity contribution is 5.78. The van der Waals surface area contributed by atoms with Crippen LogP contribution in [0.1, 0.15) is 37.8 Å². The van der Waals surface area contributed by atoms with E-state index in [0.717, 1.165) is 49.8 Å². The number of hydrogen-bond donors (Lipinski definition) is 0. The van der Waals surface area contributed by atoms with Crippen LogP contribution in [0, 0.1) is 0 Å². The molecule has 5 rings (SSSR count). The normalized spacial score (nSPS) is 22.6. The van der Waals surface area contributed by atoms with Gasteiger partial charge in [-0.25, -0.2) is 0 Å². The summed E-state index contributed by atoms with van der Waals surface area (Å²) in [6.45, 7) is 6.88. The Labute approximate surface area is 184 Å². The number of rotatable bonds is 6. The minimum Gasteiger partial charge on any atom is -0.483 e. The van der Waals surface area contributed by atoms with Crippen molar-refractivity contribution in [3.63, 3.8) is 0 Å². The number of piperazine rings is 1. The number of carbonyl (C=O) groups excluding carboxylic acids is 1. The summed E-state index contributed by atoms with van der Waals surface area (Å²) in [7, 11) is 0. The average molecular weight is 421 g/mol. The van der Waals surface area contributed by atoms with Crippen molar-refractivity contribution in [1.82, 2.24) is 9.80 Å². The zero-order valence-electron chi connectivity index (χ0n) is 18.5. The van der Waals surface area contributed by atoms with Crippen LogP contribution >= 0.6 is 0 Å². The van der Waals surface area contributed by atoms with E-state index in [4.69, 9.17) is 9.47 Å². The van der Waals surface area contributed by atoms with E-state index in [2.05, 4.69) is 49.1 Å². The molecule has 1 atom stereocenters. The Morgan fingerprint density at radius 3 is 2.68 bits per heavy atom. The molecule has 3 aliphatic rings. The summed E-state index contributed by atoms with van der Waals surface area (Å²) in [5.74, 6) is 1.53. The Morgan fingerprint density at radius 1 is 1.10 bits per heavy atom. The monoisotopic (exact) mass is 420 g/mol. The molecule has 2 aliphatic heterocycles. The van der Waals surface area contributed by atoms with Crippen molar-refractivity contribution < 1.29 is 14.3 Å². The number of nitrogens with zero attached hydrogens (tertiary/aromatic N) is 2. The predicted molar refractivity (Wildman–Crippen MR) is 121 cm³/mol. The predicted octanol–water partition coefficient (Wildman–Crippen LogP) is 3.70. The van der Waals surface area contributed by atoms with Gasteiger partial charge in [0.1, 0.15) is 5.60 Å². The van der Waals surface area contributed by atoms with Gasteiger partial charge in [-0.1, -0.05) is 42.5 Å². The van der Waals surface area contributed by atoms with Crippen molar-refractivity contribution in [3.8, 4) is 11.5 Å². The molecule has 164 valence electrons. The fraction of sp³-hybridized carbons (Fsp3) is 0.500. The van der Waals surface area contributed by atoms with Gasteiger partial charge < -0.3 is 14.4 Å². The topological polar surface area (TPSA) is 42.0 Å². The van der Waals surface area contributed by atoms with Crippen LogP contribution in [0.2, 0.25) is 0 Å². The van der Waals surface area contributed by atoms with Crippen molar-refractivity contribution >= 4 is 5.91 Å². The maximum atomic E-state index is 13.2. The van der Waals surface area contributed by atoms with Gasteiger partial charge in [0.05, 0.1) is 0 Å². The van der Waals surface area contributed by atoms with E-state index in [1.807, 2.05) is 23.1 Å². The van der Waals surface area contributed by atoms with Gasteiger partial charge in [-0.15, -0.1) is 0 Å². The summed E-state index contributed by atoms with van der Waals surface area (Å²) in [4.78, 5) is 17.8. The molecule has 0 N–H and O–H groups in total. The Balaban J connectivity index is 1.27. The van der Waals surface area contributed by atoms with Gasteiger partial charge >= 0.3 is 0 Å². The molecule has 1 saturated carbocycles. The second kappa shape index (κ2) is 8.19. The summed E-state index contributed by atoms with van der Waals surface area (Å²) >= 11 is 0. The zero-order valence-corrected chi connectivity index (χ0v) is 18.5. The molecule has 5 nitrogen and oxygen atoms in total. The van der Waals surface area contributed by atoms with Crippen molar-refractivity contribution in [3.05, 3.63) is 59.7 Å². The molecule has 1 unspecified atom stereocenters. The van der Waals surface area contributed by atoms with E-state index in [-0.39, 0.29) is 24.2 Å². The third-order valence-electron chi connectivity index (χ3n) is 6.62. The summed E-state index contributed by atoms with van der Waals surface area (Å²) in [6, 6.07) is 17.4. The van der Waals surface area contributed by atoms with Gasteiger partial charge in [0.25, 0.3) is 5.91 Å². The number of amides is 1. The molecule has 2 aromatic rings. The highest BCUT2D eigenvalue weighted by Gasteiger charge is 2.37. The first-order valence-corrected chi connectivity index (χ1v) is 11.5. The Kier molecular flexibility index (Phi) is 5.39. The molecule has 31 heavy (non-hydrogen) atoms. The lowest BCUT2D eigenvalue weighted by molar-refractivity contribution is -0.138. The van der Waals surface area contributed by atoms with E-state index >= 15 is 0 Å². The van der Waals surface area contributed by atoms with Crippen molar-refractivity contribution in [2.45, 2.75) is 57.2 Å². The van der Waals surface area contributed by atoms with Gasteiger partial charge in [-0.2, -0.15) is 0 Å². The summed E-state index contributed by atoms with van der Waals surface area (Å²) in [5.41, 5.74) is 2.20. The van der Waals surface area contributed by atoms with E-state index in [9.17, 15) is 4.79 Å². The quantitative estimate of drug-likeness (QED) is 0.715. The lowest BCUT2D eigenvalue weighted by Gasteiger charge is -2.41. The number of hydrogen-bond acceptors (Lipinski definition) is 4. The molecule has 1 saturated heterocycles. The van der Waals surface area contributed by atoms with Crippen LogP contribution in [-0.4, -0.2) is 59.6 Å². The molecule has 5 heteroatoms. The SMILES string of the molecule is CC1(C)Cc2cccc(OCC(=O)N3CCN(C4CC4)CC3Cc3ccccc3)c2O1. The molecular weight excluding hydrogens is 388 g/mol. The smallest absolute Gasteiger partial charge is 0.260 e. The molecule has 1 amide bonds. The molecular formula is C26H32N2O3. The van der Waals surface area contributed by atoms with Gasteiger partial charge in [0, 0.05) is 43.7 Å². The van der Waals surface area contributed by atoms with E-state index in [0.29, 0.717) is 5.75 Å². The van der Waals surface area contributed by atoms with Crippen LogP contribution in [0.3, 0.4) is 0 Å². The molecule has 1 aliphatic carbocycles. The van der Waals surface area contributed by atoms with Crippen molar-refractivity contribution in [2.75, 3.05) is 26.2 Å². The van der Waals surface area contributed by atoms with Gasteiger partial charge in [0.15, 0.2) is 18.1 Å². The third-order valence-corrected chi connectivity index (χ3v) is 6.62. The maximum absolute atomic E-state index is 13.2. The molecule has 0 spiro atoms. The Bertz CT molecular complexity index is 939. The number of fused-ring (bicyclic) bond motifs is 1.